The summed E-state index contributed by atoms with van der Waals surface area (Å²) in [5.74, 6) is 0.415. The highest BCUT2D eigenvalue weighted by atomic mass is 16.5. The van der Waals surface area contributed by atoms with Gasteiger partial charge in [0, 0.05) is 0 Å². The van der Waals surface area contributed by atoms with E-state index in [9.17, 15) is 4.79 Å². The molecule has 0 saturated carbocycles. The first kappa shape index (κ1) is 13.6. The van der Waals surface area contributed by atoms with Crippen LogP contribution in [0.3, 0.4) is 0 Å². The molecule has 1 rings (SSSR count). The summed E-state index contributed by atoms with van der Waals surface area (Å²) in [6, 6.07) is 6.56. The van der Waals surface area contributed by atoms with E-state index >= 15 is 0 Å². The molecule has 0 aliphatic heterocycles. The summed E-state index contributed by atoms with van der Waals surface area (Å²) < 4.78 is 5.65. The minimum absolute atomic E-state index is 0.290. The van der Waals surface area contributed by atoms with Crippen molar-refractivity contribution in [3.63, 3.8) is 0 Å². The van der Waals surface area contributed by atoms with Crippen molar-refractivity contribution in [1.82, 2.24) is 0 Å². The smallest absolute Gasteiger partial charge is 0.335 e. The molecule has 1 atom stereocenters. The molecule has 3 nitrogen and oxygen atoms in total. The van der Waals surface area contributed by atoms with E-state index in [1.165, 1.54) is 12.8 Å². The Morgan fingerprint density at radius 3 is 2.41 bits per heavy atom. The highest BCUT2D eigenvalue weighted by molar-refractivity contribution is 5.87. The summed E-state index contributed by atoms with van der Waals surface area (Å²) in [6.45, 7) is 5.04. The molecule has 0 aromatic heterocycles. The van der Waals surface area contributed by atoms with Crippen LogP contribution in [-0.2, 0) is 0 Å². The zero-order valence-corrected chi connectivity index (χ0v) is 10.5. The van der Waals surface area contributed by atoms with Gasteiger partial charge in [0.15, 0.2) is 0 Å². The lowest BCUT2D eigenvalue weighted by molar-refractivity contribution is 0.0697. The van der Waals surface area contributed by atoms with Crippen molar-refractivity contribution < 1.29 is 14.6 Å². The summed E-state index contributed by atoms with van der Waals surface area (Å²) in [4.78, 5) is 10.7. The monoisotopic (exact) mass is 236 g/mol. The van der Waals surface area contributed by atoms with Crippen LogP contribution in [0.15, 0.2) is 24.3 Å². The normalized spacial score (nSPS) is 12.1. The average Bonchev–Trinajstić information content (AvgIpc) is 2.35. The Balaban J connectivity index is 2.48. The number of ether oxygens (including phenoxy) is 1. The number of rotatable bonds is 7. The second-order valence-electron chi connectivity index (χ2n) is 4.20. The van der Waals surface area contributed by atoms with Crippen molar-refractivity contribution in [2.45, 2.75) is 33.1 Å². The summed E-state index contributed by atoms with van der Waals surface area (Å²) in [5, 5.41) is 8.76. The van der Waals surface area contributed by atoms with E-state index in [1.807, 2.05) is 0 Å². The highest BCUT2D eigenvalue weighted by Crippen LogP contribution is 2.16. The van der Waals surface area contributed by atoms with Crippen molar-refractivity contribution >= 4 is 5.97 Å². The van der Waals surface area contributed by atoms with Crippen LogP contribution in [0.5, 0.6) is 5.75 Å². The Kier molecular flexibility index (Phi) is 5.53. The number of carboxylic acid groups (broad SMARTS) is 1. The van der Waals surface area contributed by atoms with Gasteiger partial charge in [-0.2, -0.15) is 0 Å². The van der Waals surface area contributed by atoms with Crippen LogP contribution >= 0.6 is 0 Å². The summed E-state index contributed by atoms with van der Waals surface area (Å²) in [7, 11) is 0. The first-order valence-electron chi connectivity index (χ1n) is 6.13. The predicted octanol–water partition coefficient (Wildman–Crippen LogP) is 3.59. The maximum absolute atomic E-state index is 10.7. The fourth-order valence-electron chi connectivity index (χ4n) is 1.72. The molecule has 0 amide bonds. The molecule has 1 aromatic carbocycles. The molecular weight excluding hydrogens is 216 g/mol. The van der Waals surface area contributed by atoms with E-state index in [0.717, 1.165) is 12.2 Å². The van der Waals surface area contributed by atoms with Crippen molar-refractivity contribution in [1.29, 1.82) is 0 Å². The summed E-state index contributed by atoms with van der Waals surface area (Å²) in [5.41, 5.74) is 0.290. The molecule has 3 heteroatoms. The van der Waals surface area contributed by atoms with Gasteiger partial charge in [0.2, 0.25) is 0 Å². The molecule has 0 saturated heterocycles. The maximum atomic E-state index is 10.7. The lowest BCUT2D eigenvalue weighted by Crippen LogP contribution is -2.11. The molecule has 1 unspecified atom stereocenters. The van der Waals surface area contributed by atoms with Gasteiger partial charge in [0.25, 0.3) is 0 Å². The summed E-state index contributed by atoms with van der Waals surface area (Å²) >= 11 is 0. The Labute approximate surface area is 102 Å². The van der Waals surface area contributed by atoms with Crippen LogP contribution in [-0.4, -0.2) is 17.7 Å². The molecule has 1 N–H and O–H groups in total. The van der Waals surface area contributed by atoms with Gasteiger partial charge in [0.1, 0.15) is 5.75 Å². The fourth-order valence-corrected chi connectivity index (χ4v) is 1.72. The van der Waals surface area contributed by atoms with Crippen LogP contribution in [0, 0.1) is 5.92 Å². The molecule has 17 heavy (non-hydrogen) atoms. The molecule has 0 radical (unpaired) electrons. The SMILES string of the molecule is CCCC(CC)COc1ccc(C(=O)O)cc1. The van der Waals surface area contributed by atoms with Gasteiger partial charge in [-0.05, 0) is 36.6 Å². The number of benzene rings is 1. The number of aromatic carboxylic acids is 1. The molecule has 0 fully saturated rings. The van der Waals surface area contributed by atoms with Crippen LogP contribution in [0.4, 0.5) is 0 Å². The van der Waals surface area contributed by atoms with Gasteiger partial charge in [-0.25, -0.2) is 4.79 Å². The van der Waals surface area contributed by atoms with Crippen LogP contribution < -0.4 is 4.74 Å². The van der Waals surface area contributed by atoms with Crippen LogP contribution in [0.1, 0.15) is 43.5 Å². The molecule has 1 aromatic rings. The zero-order valence-electron chi connectivity index (χ0n) is 10.5. The third-order valence-corrected chi connectivity index (χ3v) is 2.86. The van der Waals surface area contributed by atoms with Gasteiger partial charge in [-0.1, -0.05) is 26.7 Å². The third kappa shape index (κ3) is 4.47. The van der Waals surface area contributed by atoms with Gasteiger partial charge in [-0.3, -0.25) is 0 Å². The first-order chi connectivity index (χ1) is 8.17. The molecule has 0 spiro atoms. The van der Waals surface area contributed by atoms with Crippen molar-refractivity contribution in [2.75, 3.05) is 6.61 Å². The highest BCUT2D eigenvalue weighted by Gasteiger charge is 2.07. The largest absolute Gasteiger partial charge is 0.493 e. The molecule has 0 aliphatic rings. The topological polar surface area (TPSA) is 46.5 Å². The zero-order chi connectivity index (χ0) is 12.7. The molecule has 0 bridgehead atoms. The first-order valence-corrected chi connectivity index (χ1v) is 6.13. The van der Waals surface area contributed by atoms with Crippen molar-refractivity contribution in [3.8, 4) is 5.75 Å². The van der Waals surface area contributed by atoms with Gasteiger partial charge >= 0.3 is 5.97 Å². The van der Waals surface area contributed by atoms with Crippen molar-refractivity contribution in [2.24, 2.45) is 5.92 Å². The molecule has 0 heterocycles. The lowest BCUT2D eigenvalue weighted by atomic mass is 10.0. The van der Waals surface area contributed by atoms with Gasteiger partial charge in [0.05, 0.1) is 12.2 Å². The van der Waals surface area contributed by atoms with Crippen LogP contribution in [0.2, 0.25) is 0 Å². The molecule has 0 aliphatic carbocycles. The van der Waals surface area contributed by atoms with E-state index < -0.39 is 5.97 Å². The Morgan fingerprint density at radius 1 is 1.29 bits per heavy atom. The standard InChI is InChI=1S/C14H20O3/c1-3-5-11(4-2)10-17-13-8-6-12(7-9-13)14(15)16/h6-9,11H,3-5,10H2,1-2H3,(H,15,16). The number of hydrogen-bond acceptors (Lipinski definition) is 2. The van der Waals surface area contributed by atoms with E-state index in [1.54, 1.807) is 24.3 Å². The molecule has 94 valence electrons. The fraction of sp³-hybridized carbons (Fsp3) is 0.500. The van der Waals surface area contributed by atoms with Crippen LogP contribution in [0.25, 0.3) is 0 Å². The van der Waals surface area contributed by atoms with E-state index in [2.05, 4.69) is 13.8 Å². The Hall–Kier alpha value is -1.51. The van der Waals surface area contributed by atoms with Gasteiger partial charge in [-0.15, -0.1) is 0 Å². The maximum Gasteiger partial charge on any atom is 0.335 e. The van der Waals surface area contributed by atoms with E-state index in [0.29, 0.717) is 12.5 Å². The third-order valence-electron chi connectivity index (χ3n) is 2.86. The number of carboxylic acids is 1. The second kappa shape index (κ2) is 6.94. The second-order valence-corrected chi connectivity index (χ2v) is 4.20. The molecular formula is C14H20O3. The number of hydrogen-bond donors (Lipinski definition) is 1. The van der Waals surface area contributed by atoms with Gasteiger partial charge < -0.3 is 9.84 Å². The minimum Gasteiger partial charge on any atom is -0.493 e. The Morgan fingerprint density at radius 2 is 1.94 bits per heavy atom. The minimum atomic E-state index is -0.908. The lowest BCUT2D eigenvalue weighted by Gasteiger charge is -2.14. The quantitative estimate of drug-likeness (QED) is 0.787. The van der Waals surface area contributed by atoms with E-state index in [4.69, 9.17) is 9.84 Å². The number of carbonyl (C=O) groups is 1. The summed E-state index contributed by atoms with van der Waals surface area (Å²) in [6.07, 6.45) is 3.45. The van der Waals surface area contributed by atoms with Crippen molar-refractivity contribution in [3.05, 3.63) is 29.8 Å². The average molecular weight is 236 g/mol. The predicted molar refractivity (Wildman–Crippen MR) is 67.6 cm³/mol. The van der Waals surface area contributed by atoms with E-state index in [-0.39, 0.29) is 5.56 Å². The Bertz CT molecular complexity index is 343.